The van der Waals surface area contributed by atoms with Gasteiger partial charge in [0.05, 0.1) is 13.2 Å². The van der Waals surface area contributed by atoms with Crippen LogP contribution in [0.2, 0.25) is 0 Å². The summed E-state index contributed by atoms with van der Waals surface area (Å²) >= 11 is 0. The minimum atomic E-state index is 0.783. The van der Waals surface area contributed by atoms with E-state index >= 15 is 0 Å². The molecule has 0 amide bonds. The molecule has 0 aromatic heterocycles. The first kappa shape index (κ1) is 27.5. The van der Waals surface area contributed by atoms with Gasteiger partial charge in [-0.15, -0.1) is 0 Å². The summed E-state index contributed by atoms with van der Waals surface area (Å²) in [5, 5.41) is 0. The molecule has 0 saturated heterocycles. The third kappa shape index (κ3) is 9.36. The van der Waals surface area contributed by atoms with Crippen molar-refractivity contribution in [3.63, 3.8) is 0 Å². The molecule has 0 atom stereocenters. The molecule has 4 aliphatic carbocycles. The maximum Gasteiger partial charge on any atom is 0.0651 e. The fourth-order valence-electron chi connectivity index (χ4n) is 8.22. The van der Waals surface area contributed by atoms with Gasteiger partial charge >= 0.3 is 0 Å². The first-order chi connectivity index (χ1) is 17.2. The Morgan fingerprint density at radius 3 is 1.09 bits per heavy atom. The molecule has 200 valence electrons. The highest BCUT2D eigenvalue weighted by Crippen LogP contribution is 2.43. The highest BCUT2D eigenvalue weighted by atomic mass is 16.5. The van der Waals surface area contributed by atoms with Crippen LogP contribution >= 0.6 is 0 Å². The van der Waals surface area contributed by atoms with Crippen LogP contribution in [0.4, 0.5) is 0 Å². The van der Waals surface area contributed by atoms with E-state index in [-0.39, 0.29) is 0 Å². The normalized spacial score (nSPS) is 39.4. The summed E-state index contributed by atoms with van der Waals surface area (Å²) in [6.45, 7) is 6.46. The average molecular weight is 483 g/mol. The molecule has 0 aliphatic heterocycles. The van der Waals surface area contributed by atoms with E-state index in [1.165, 1.54) is 116 Å². The van der Waals surface area contributed by atoms with Gasteiger partial charge in [0.15, 0.2) is 0 Å². The molecule has 0 aromatic rings. The lowest BCUT2D eigenvalue weighted by Gasteiger charge is -2.37. The second-order valence-electron chi connectivity index (χ2n) is 13.6. The van der Waals surface area contributed by atoms with Crippen molar-refractivity contribution in [3.8, 4) is 0 Å². The summed E-state index contributed by atoms with van der Waals surface area (Å²) in [5.74, 6) is 8.07. The molecule has 0 unspecified atom stereocenters. The van der Waals surface area contributed by atoms with Crippen LogP contribution < -0.4 is 0 Å². The first-order valence-corrected chi connectivity index (χ1v) is 16.0. The Labute approximate surface area is 218 Å². The van der Waals surface area contributed by atoms with Gasteiger partial charge in [0, 0.05) is 0 Å². The maximum absolute atomic E-state index is 5.85. The van der Waals surface area contributed by atoms with Gasteiger partial charge in [0.25, 0.3) is 0 Å². The summed E-state index contributed by atoms with van der Waals surface area (Å²) < 4.78 is 5.85. The molecule has 0 heterocycles. The van der Waals surface area contributed by atoms with Crippen LogP contribution in [0.25, 0.3) is 0 Å². The molecule has 1 nitrogen and oxygen atoms in total. The highest BCUT2D eigenvalue weighted by molar-refractivity contribution is 4.90. The zero-order valence-corrected chi connectivity index (χ0v) is 23.5. The molecule has 0 bridgehead atoms. The second-order valence-corrected chi connectivity index (χ2v) is 13.6. The maximum atomic E-state index is 5.85. The largest absolute Gasteiger partial charge is 0.373 e. The van der Waals surface area contributed by atoms with Crippen LogP contribution in [0.3, 0.4) is 0 Å². The predicted molar refractivity (Wildman–Crippen MR) is 151 cm³/mol. The van der Waals surface area contributed by atoms with E-state index in [2.05, 4.69) is 38.2 Å². The van der Waals surface area contributed by atoms with Crippen molar-refractivity contribution in [1.82, 2.24) is 0 Å². The third-order valence-corrected chi connectivity index (χ3v) is 10.9. The summed E-state index contributed by atoms with van der Waals surface area (Å²) in [6.07, 6.45) is 35.8. The number of hydrogen-bond donors (Lipinski definition) is 0. The van der Waals surface area contributed by atoms with Gasteiger partial charge in [-0.3, -0.25) is 0 Å². The van der Waals surface area contributed by atoms with E-state index in [4.69, 9.17) is 4.74 Å². The zero-order valence-electron chi connectivity index (χ0n) is 23.5. The third-order valence-electron chi connectivity index (χ3n) is 10.9. The Hall–Kier alpha value is -0.560. The molecule has 4 saturated carbocycles. The van der Waals surface area contributed by atoms with E-state index < -0.39 is 0 Å². The van der Waals surface area contributed by atoms with Gasteiger partial charge in [-0.25, -0.2) is 0 Å². The SMILES string of the molecule is CC1CCC(C2CCC(CC=CCOCC=CCC3CCC(C4CCC(C)CC4)CC3)CC2)CC1. The van der Waals surface area contributed by atoms with Crippen molar-refractivity contribution in [2.24, 2.45) is 47.3 Å². The Morgan fingerprint density at radius 2 is 0.743 bits per heavy atom. The molecule has 35 heavy (non-hydrogen) atoms. The van der Waals surface area contributed by atoms with E-state index in [0.717, 1.165) is 60.6 Å². The molecule has 0 N–H and O–H groups in total. The van der Waals surface area contributed by atoms with Gasteiger partial charge < -0.3 is 4.74 Å². The van der Waals surface area contributed by atoms with Crippen molar-refractivity contribution >= 4 is 0 Å². The van der Waals surface area contributed by atoms with Crippen LogP contribution in [-0.2, 0) is 4.74 Å². The fraction of sp³-hybridized carbons (Fsp3) is 0.882. The van der Waals surface area contributed by atoms with Crippen LogP contribution in [0.5, 0.6) is 0 Å². The summed E-state index contributed by atoms with van der Waals surface area (Å²) in [4.78, 5) is 0. The number of allylic oxidation sites excluding steroid dienone is 2. The quantitative estimate of drug-likeness (QED) is 0.222. The van der Waals surface area contributed by atoms with E-state index in [9.17, 15) is 0 Å². The monoisotopic (exact) mass is 482 g/mol. The zero-order chi connectivity index (χ0) is 24.3. The van der Waals surface area contributed by atoms with Crippen LogP contribution in [0, 0.1) is 47.3 Å². The van der Waals surface area contributed by atoms with Crippen LogP contribution in [-0.4, -0.2) is 13.2 Å². The number of hydrogen-bond acceptors (Lipinski definition) is 1. The Morgan fingerprint density at radius 1 is 0.429 bits per heavy atom. The predicted octanol–water partition coefficient (Wildman–Crippen LogP) is 10.2. The lowest BCUT2D eigenvalue weighted by molar-refractivity contribution is 0.150. The summed E-state index contributed by atoms with van der Waals surface area (Å²) in [6, 6.07) is 0. The van der Waals surface area contributed by atoms with E-state index in [0.29, 0.717) is 0 Å². The van der Waals surface area contributed by atoms with Gasteiger partial charge in [-0.1, -0.05) is 63.8 Å². The van der Waals surface area contributed by atoms with Gasteiger partial charge in [-0.2, -0.15) is 0 Å². The molecule has 0 spiro atoms. The molecule has 4 aliphatic rings. The average Bonchev–Trinajstić information content (AvgIpc) is 2.89. The second kappa shape index (κ2) is 15.0. The van der Waals surface area contributed by atoms with Crippen molar-refractivity contribution < 1.29 is 4.74 Å². The van der Waals surface area contributed by atoms with Crippen LogP contribution in [0.15, 0.2) is 24.3 Å². The standard InChI is InChI=1S/C34H58O/c1-27-9-17-31(18-10-27)33-21-13-29(14-22-33)7-3-5-25-35-26-6-4-8-30-15-23-34(24-16-30)32-19-11-28(2)12-20-32/h3-6,27-34H,7-26H2,1-2H3. The Kier molecular flexibility index (Phi) is 11.8. The molecule has 4 rings (SSSR count). The topological polar surface area (TPSA) is 9.23 Å². The molecule has 4 fully saturated rings. The van der Waals surface area contributed by atoms with Crippen LogP contribution in [0.1, 0.15) is 129 Å². The summed E-state index contributed by atoms with van der Waals surface area (Å²) in [7, 11) is 0. The lowest BCUT2D eigenvalue weighted by Crippen LogP contribution is -2.25. The summed E-state index contributed by atoms with van der Waals surface area (Å²) in [5.41, 5.74) is 0. The first-order valence-electron chi connectivity index (χ1n) is 16.0. The smallest absolute Gasteiger partial charge is 0.0651 e. The van der Waals surface area contributed by atoms with Crippen molar-refractivity contribution in [3.05, 3.63) is 24.3 Å². The van der Waals surface area contributed by atoms with Gasteiger partial charge in [-0.05, 0) is 137 Å². The van der Waals surface area contributed by atoms with Crippen molar-refractivity contribution in [1.29, 1.82) is 0 Å². The highest BCUT2D eigenvalue weighted by Gasteiger charge is 2.30. The molecule has 1 heteroatoms. The molecule has 0 aromatic carbocycles. The molecular weight excluding hydrogens is 424 g/mol. The van der Waals surface area contributed by atoms with Gasteiger partial charge in [0.2, 0.25) is 0 Å². The Balaban J connectivity index is 0.977. The lowest BCUT2D eigenvalue weighted by atomic mass is 9.69. The fourth-order valence-corrected chi connectivity index (χ4v) is 8.22. The minimum absolute atomic E-state index is 0.783. The number of ether oxygens (including phenoxy) is 1. The molecule has 0 radical (unpaired) electrons. The van der Waals surface area contributed by atoms with Gasteiger partial charge in [0.1, 0.15) is 0 Å². The minimum Gasteiger partial charge on any atom is -0.373 e. The van der Waals surface area contributed by atoms with E-state index in [1.807, 2.05) is 0 Å². The number of rotatable bonds is 10. The molecular formula is C34H58O. The van der Waals surface area contributed by atoms with Crippen molar-refractivity contribution in [2.45, 2.75) is 129 Å². The Bertz CT molecular complexity index is 549. The van der Waals surface area contributed by atoms with E-state index in [1.54, 1.807) is 0 Å². The van der Waals surface area contributed by atoms with Crippen molar-refractivity contribution in [2.75, 3.05) is 13.2 Å².